The Labute approximate surface area is 115 Å². The second kappa shape index (κ2) is 4.90. The number of carbonyl (C=O) groups is 1. The van der Waals surface area contributed by atoms with Crippen LogP contribution in [0.25, 0.3) is 0 Å². The zero-order chi connectivity index (χ0) is 12.5. The Balaban J connectivity index is 1.78. The van der Waals surface area contributed by atoms with Crippen molar-refractivity contribution in [1.82, 2.24) is 10.2 Å². The van der Waals surface area contributed by atoms with E-state index in [1.54, 1.807) is 0 Å². The van der Waals surface area contributed by atoms with Crippen LogP contribution in [0.3, 0.4) is 0 Å². The van der Waals surface area contributed by atoms with Gasteiger partial charge in [-0.3, -0.25) is 4.79 Å². The predicted octanol–water partition coefficient (Wildman–Crippen LogP) is 1.07. The Morgan fingerprint density at radius 1 is 1.28 bits per heavy atom. The van der Waals surface area contributed by atoms with Crippen molar-refractivity contribution in [2.75, 3.05) is 37.6 Å². The molecule has 0 spiro atoms. The fourth-order valence-electron chi connectivity index (χ4n) is 2.67. The molecule has 1 N–H and O–H groups in total. The van der Waals surface area contributed by atoms with E-state index in [1.807, 2.05) is 17.0 Å². The molecule has 2 aliphatic heterocycles. The van der Waals surface area contributed by atoms with Crippen LogP contribution in [0.5, 0.6) is 0 Å². The molecule has 96 valence electrons. The lowest BCUT2D eigenvalue weighted by molar-refractivity contribution is -0.134. The highest BCUT2D eigenvalue weighted by Gasteiger charge is 2.33. The lowest BCUT2D eigenvalue weighted by Gasteiger charge is -2.44. The van der Waals surface area contributed by atoms with Crippen molar-refractivity contribution in [3.63, 3.8) is 0 Å². The van der Waals surface area contributed by atoms with Gasteiger partial charge in [0, 0.05) is 36.3 Å². The quantitative estimate of drug-likeness (QED) is 0.843. The van der Waals surface area contributed by atoms with Gasteiger partial charge in [-0.15, -0.1) is 0 Å². The minimum Gasteiger partial charge on any atom is -0.360 e. The van der Waals surface area contributed by atoms with Crippen molar-refractivity contribution in [2.24, 2.45) is 0 Å². The number of halogens is 1. The third-order valence-corrected chi connectivity index (χ3v) is 4.15. The van der Waals surface area contributed by atoms with E-state index in [0.717, 1.165) is 36.3 Å². The maximum absolute atomic E-state index is 12.1. The van der Waals surface area contributed by atoms with Crippen LogP contribution in [0.1, 0.15) is 0 Å². The minimum atomic E-state index is 0.246. The number of amides is 1. The van der Waals surface area contributed by atoms with Crippen LogP contribution in [0.4, 0.5) is 5.69 Å². The van der Waals surface area contributed by atoms with Gasteiger partial charge in [-0.1, -0.05) is 15.9 Å². The number of nitrogens with zero attached hydrogens (tertiary/aromatic N) is 2. The molecule has 1 atom stereocenters. The van der Waals surface area contributed by atoms with Gasteiger partial charge in [-0.05, 0) is 24.3 Å². The largest absolute Gasteiger partial charge is 0.360 e. The zero-order valence-electron chi connectivity index (χ0n) is 10.1. The van der Waals surface area contributed by atoms with Gasteiger partial charge in [0.2, 0.25) is 5.91 Å². The number of hydrogen-bond donors (Lipinski definition) is 1. The maximum Gasteiger partial charge on any atom is 0.242 e. The highest BCUT2D eigenvalue weighted by Crippen LogP contribution is 2.22. The molecule has 0 bridgehead atoms. The minimum absolute atomic E-state index is 0.246. The molecule has 1 unspecified atom stereocenters. The average molecular weight is 310 g/mol. The third-order valence-electron chi connectivity index (χ3n) is 3.62. The molecule has 4 nitrogen and oxygen atoms in total. The van der Waals surface area contributed by atoms with E-state index >= 15 is 0 Å². The van der Waals surface area contributed by atoms with Crippen LogP contribution >= 0.6 is 15.9 Å². The van der Waals surface area contributed by atoms with Gasteiger partial charge < -0.3 is 15.1 Å². The summed E-state index contributed by atoms with van der Waals surface area (Å²) in [7, 11) is 0. The Morgan fingerprint density at radius 2 is 2.06 bits per heavy atom. The Morgan fingerprint density at radius 3 is 2.83 bits per heavy atom. The van der Waals surface area contributed by atoms with Crippen molar-refractivity contribution < 1.29 is 4.79 Å². The molecule has 5 heteroatoms. The van der Waals surface area contributed by atoms with Gasteiger partial charge in [0.1, 0.15) is 0 Å². The molecule has 2 fully saturated rings. The van der Waals surface area contributed by atoms with E-state index in [0.29, 0.717) is 12.6 Å². The lowest BCUT2D eigenvalue weighted by atomic mass is 10.1. The number of benzene rings is 1. The molecule has 0 saturated carbocycles. The summed E-state index contributed by atoms with van der Waals surface area (Å²) >= 11 is 3.43. The Kier molecular flexibility index (Phi) is 3.26. The number of fused-ring (bicyclic) bond motifs is 1. The summed E-state index contributed by atoms with van der Waals surface area (Å²) in [6.45, 7) is 4.08. The van der Waals surface area contributed by atoms with Crippen molar-refractivity contribution in [3.05, 3.63) is 28.7 Å². The average Bonchev–Trinajstić information content (AvgIpc) is 2.39. The molecule has 2 aliphatic rings. The molecule has 1 aromatic rings. The summed E-state index contributed by atoms with van der Waals surface area (Å²) in [5.74, 6) is 0.246. The van der Waals surface area contributed by atoms with Crippen LogP contribution in [0.15, 0.2) is 28.7 Å². The molecule has 3 rings (SSSR count). The number of nitrogens with one attached hydrogen (secondary N) is 1. The van der Waals surface area contributed by atoms with Gasteiger partial charge >= 0.3 is 0 Å². The predicted molar refractivity (Wildman–Crippen MR) is 74.7 cm³/mol. The topological polar surface area (TPSA) is 35.6 Å². The van der Waals surface area contributed by atoms with Crippen LogP contribution in [-0.4, -0.2) is 49.6 Å². The first-order chi connectivity index (χ1) is 8.74. The first-order valence-corrected chi connectivity index (χ1v) is 7.04. The third kappa shape index (κ3) is 2.24. The molecule has 1 amide bonds. The highest BCUT2D eigenvalue weighted by atomic mass is 79.9. The molecule has 0 aromatic heterocycles. The van der Waals surface area contributed by atoms with E-state index in [1.165, 1.54) is 0 Å². The summed E-state index contributed by atoms with van der Waals surface area (Å²) in [5.41, 5.74) is 1.12. The Bertz CT molecular complexity index is 448. The fourth-order valence-corrected chi connectivity index (χ4v) is 2.94. The molecule has 2 heterocycles. The number of rotatable bonds is 1. The van der Waals surface area contributed by atoms with Crippen molar-refractivity contribution in [2.45, 2.75) is 6.04 Å². The van der Waals surface area contributed by atoms with Gasteiger partial charge in [0.15, 0.2) is 0 Å². The number of anilines is 1. The van der Waals surface area contributed by atoms with Gasteiger partial charge in [-0.25, -0.2) is 0 Å². The van der Waals surface area contributed by atoms with Crippen LogP contribution < -0.4 is 10.2 Å². The first-order valence-electron chi connectivity index (χ1n) is 6.25. The summed E-state index contributed by atoms with van der Waals surface area (Å²) in [4.78, 5) is 16.3. The molecule has 0 aliphatic carbocycles. The summed E-state index contributed by atoms with van der Waals surface area (Å²) in [5, 5.41) is 3.36. The SMILES string of the molecule is O=C1CN(c2ccc(Br)cc2)CC2CNCCN12. The van der Waals surface area contributed by atoms with Gasteiger partial charge in [-0.2, -0.15) is 0 Å². The van der Waals surface area contributed by atoms with E-state index < -0.39 is 0 Å². The van der Waals surface area contributed by atoms with E-state index in [9.17, 15) is 4.79 Å². The smallest absolute Gasteiger partial charge is 0.242 e. The number of hydrogen-bond acceptors (Lipinski definition) is 3. The number of carbonyl (C=O) groups excluding carboxylic acids is 1. The molecular weight excluding hydrogens is 294 g/mol. The van der Waals surface area contributed by atoms with E-state index in [2.05, 4.69) is 38.3 Å². The highest BCUT2D eigenvalue weighted by molar-refractivity contribution is 9.10. The normalized spacial score (nSPS) is 24.1. The van der Waals surface area contributed by atoms with Crippen molar-refractivity contribution in [1.29, 1.82) is 0 Å². The molecular formula is C13H16BrN3O. The summed E-state index contributed by atoms with van der Waals surface area (Å²) in [6.07, 6.45) is 0. The molecule has 2 saturated heterocycles. The first kappa shape index (κ1) is 12.0. The van der Waals surface area contributed by atoms with Crippen molar-refractivity contribution >= 4 is 27.5 Å². The van der Waals surface area contributed by atoms with Crippen LogP contribution in [-0.2, 0) is 4.79 Å². The standard InChI is InChI=1S/C13H16BrN3O/c14-10-1-3-11(4-2-10)16-8-12-7-15-5-6-17(12)13(18)9-16/h1-4,12,15H,5-9H2. The lowest BCUT2D eigenvalue weighted by Crippen LogP contribution is -2.63. The fraction of sp³-hybridized carbons (Fsp3) is 0.462. The van der Waals surface area contributed by atoms with E-state index in [4.69, 9.17) is 0 Å². The molecule has 1 aromatic carbocycles. The zero-order valence-corrected chi connectivity index (χ0v) is 11.7. The summed E-state index contributed by atoms with van der Waals surface area (Å²) in [6, 6.07) is 8.46. The molecule has 18 heavy (non-hydrogen) atoms. The Hall–Kier alpha value is -1.07. The monoisotopic (exact) mass is 309 g/mol. The van der Waals surface area contributed by atoms with Crippen LogP contribution in [0, 0.1) is 0 Å². The second-order valence-electron chi connectivity index (χ2n) is 4.80. The van der Waals surface area contributed by atoms with Crippen LogP contribution in [0.2, 0.25) is 0 Å². The maximum atomic E-state index is 12.1. The molecule has 0 radical (unpaired) electrons. The van der Waals surface area contributed by atoms with Crippen molar-refractivity contribution in [3.8, 4) is 0 Å². The second-order valence-corrected chi connectivity index (χ2v) is 5.72. The van der Waals surface area contributed by atoms with E-state index in [-0.39, 0.29) is 5.91 Å². The number of piperazine rings is 2. The van der Waals surface area contributed by atoms with Gasteiger partial charge in [0.05, 0.1) is 12.6 Å². The summed E-state index contributed by atoms with van der Waals surface area (Å²) < 4.78 is 1.07. The van der Waals surface area contributed by atoms with Gasteiger partial charge in [0.25, 0.3) is 0 Å².